The molecule has 140 valence electrons. The van der Waals surface area contributed by atoms with E-state index >= 15 is 0 Å². The van der Waals surface area contributed by atoms with E-state index in [-0.39, 0.29) is 5.69 Å². The molecule has 0 aliphatic rings. The summed E-state index contributed by atoms with van der Waals surface area (Å²) in [6.45, 7) is 3.25. The number of thioether (sulfide) groups is 1. The van der Waals surface area contributed by atoms with Crippen LogP contribution in [0, 0.1) is 0 Å². The van der Waals surface area contributed by atoms with Crippen molar-refractivity contribution in [1.29, 1.82) is 0 Å². The zero-order valence-electron chi connectivity index (χ0n) is 14.8. The molecule has 1 amide bonds. The van der Waals surface area contributed by atoms with Gasteiger partial charge < -0.3 is 20.0 Å². The van der Waals surface area contributed by atoms with E-state index in [1.807, 2.05) is 30.3 Å². The number of hydrogen-bond acceptors (Lipinski definition) is 5. The molecule has 8 heteroatoms. The van der Waals surface area contributed by atoms with Gasteiger partial charge in [0.05, 0.1) is 11.0 Å². The fourth-order valence-electron chi connectivity index (χ4n) is 2.43. The minimum atomic E-state index is -0.947. The van der Waals surface area contributed by atoms with Gasteiger partial charge in [-0.05, 0) is 44.2 Å². The number of aromatic nitrogens is 2. The number of nitrogens with one attached hydrogen (secondary N) is 3. The highest BCUT2D eigenvalue weighted by Gasteiger charge is 2.23. The molecule has 0 aliphatic carbocycles. The van der Waals surface area contributed by atoms with Gasteiger partial charge in [-0.3, -0.25) is 9.59 Å². The van der Waals surface area contributed by atoms with Gasteiger partial charge in [0.15, 0.2) is 6.10 Å². The number of fused-ring (bicyclic) bond motifs is 1. The Hall–Kier alpha value is -3.00. The van der Waals surface area contributed by atoms with E-state index in [4.69, 9.17) is 4.74 Å². The third-order valence-electron chi connectivity index (χ3n) is 3.83. The molecule has 3 rings (SSSR count). The summed E-state index contributed by atoms with van der Waals surface area (Å²) in [5, 5.41) is 2.24. The molecule has 2 aromatic carbocycles. The Balaban J connectivity index is 1.57. The number of H-pyrrole nitrogens is 2. The lowest BCUT2D eigenvalue weighted by atomic mass is 10.2. The van der Waals surface area contributed by atoms with Crippen LogP contribution in [0.15, 0.2) is 58.2 Å². The Morgan fingerprint density at radius 3 is 2.48 bits per heavy atom. The van der Waals surface area contributed by atoms with Crippen molar-refractivity contribution in [2.24, 2.45) is 0 Å². The summed E-state index contributed by atoms with van der Waals surface area (Å²) in [7, 11) is 0. The number of ether oxygens (including phenoxy) is 1. The second-order valence-electron chi connectivity index (χ2n) is 5.98. The maximum Gasteiger partial charge on any atom is 0.323 e. The highest BCUT2D eigenvalue weighted by atomic mass is 32.2. The van der Waals surface area contributed by atoms with Gasteiger partial charge in [-0.2, -0.15) is 0 Å². The highest BCUT2D eigenvalue weighted by molar-refractivity contribution is 8.00. The molecule has 2 atom stereocenters. The van der Waals surface area contributed by atoms with Gasteiger partial charge in [0.2, 0.25) is 0 Å². The lowest BCUT2D eigenvalue weighted by molar-refractivity contribution is -0.152. The molecule has 7 nitrogen and oxygen atoms in total. The smallest absolute Gasteiger partial charge is 0.323 e. The van der Waals surface area contributed by atoms with E-state index in [2.05, 4.69) is 15.3 Å². The van der Waals surface area contributed by atoms with E-state index in [1.165, 1.54) is 18.7 Å². The molecule has 0 unspecified atom stereocenters. The van der Waals surface area contributed by atoms with Crippen LogP contribution in [0.2, 0.25) is 0 Å². The first kappa shape index (κ1) is 18.8. The molecule has 1 aromatic heterocycles. The molecule has 0 aliphatic heterocycles. The Labute approximate surface area is 159 Å². The van der Waals surface area contributed by atoms with E-state index < -0.39 is 23.2 Å². The number of amides is 1. The van der Waals surface area contributed by atoms with Crippen LogP contribution in [-0.2, 0) is 14.3 Å². The minimum absolute atomic E-state index is 0.319. The number of rotatable bonds is 6. The summed E-state index contributed by atoms with van der Waals surface area (Å²) >= 11 is 1.37. The Bertz CT molecular complexity index is 1010. The molecular formula is C19H19N3O4S. The van der Waals surface area contributed by atoms with Crippen LogP contribution in [0.5, 0.6) is 0 Å². The van der Waals surface area contributed by atoms with Crippen LogP contribution in [-0.4, -0.2) is 33.2 Å². The van der Waals surface area contributed by atoms with Crippen LogP contribution < -0.4 is 11.0 Å². The van der Waals surface area contributed by atoms with E-state index in [0.29, 0.717) is 16.7 Å². The number of carbonyl (C=O) groups excluding carboxylic acids is 2. The SMILES string of the molecule is C[C@H](Sc1ccccc1)C(=O)O[C@H](C)C(=O)Nc1ccc2[nH]c(=O)[nH]c2c1. The number of anilines is 1. The van der Waals surface area contributed by atoms with E-state index in [0.717, 1.165) is 4.90 Å². The number of carbonyl (C=O) groups is 2. The summed E-state index contributed by atoms with van der Waals surface area (Å²) in [6.07, 6.45) is -0.947. The van der Waals surface area contributed by atoms with Crippen molar-refractivity contribution in [3.05, 3.63) is 59.0 Å². The predicted molar refractivity (Wildman–Crippen MR) is 105 cm³/mol. The van der Waals surface area contributed by atoms with Gasteiger partial charge in [0.1, 0.15) is 5.25 Å². The van der Waals surface area contributed by atoms with Crippen LogP contribution in [0.4, 0.5) is 5.69 Å². The van der Waals surface area contributed by atoms with Gasteiger partial charge in [-0.25, -0.2) is 4.79 Å². The quantitative estimate of drug-likeness (QED) is 0.447. The fourth-order valence-corrected chi connectivity index (χ4v) is 3.30. The van der Waals surface area contributed by atoms with Crippen LogP contribution in [0.25, 0.3) is 11.0 Å². The van der Waals surface area contributed by atoms with Gasteiger partial charge in [0, 0.05) is 10.6 Å². The van der Waals surface area contributed by atoms with Gasteiger partial charge in [-0.1, -0.05) is 18.2 Å². The third-order valence-corrected chi connectivity index (χ3v) is 4.92. The molecule has 1 heterocycles. The molecule has 0 fully saturated rings. The van der Waals surface area contributed by atoms with Crippen LogP contribution in [0.1, 0.15) is 13.8 Å². The van der Waals surface area contributed by atoms with Crippen molar-refractivity contribution < 1.29 is 14.3 Å². The molecule has 0 saturated heterocycles. The monoisotopic (exact) mass is 385 g/mol. The maximum atomic E-state index is 12.3. The molecule has 3 aromatic rings. The van der Waals surface area contributed by atoms with Gasteiger partial charge >= 0.3 is 11.7 Å². The second kappa shape index (κ2) is 8.13. The number of benzene rings is 2. The Morgan fingerprint density at radius 1 is 1.04 bits per heavy atom. The standard InChI is InChI=1S/C19H19N3O4S/c1-11(26-18(24)12(2)27-14-6-4-3-5-7-14)17(23)20-13-8-9-15-16(10-13)22-19(25)21-15/h3-12H,1-2H3,(H,20,23)(H2,21,22,25)/t11-,12+/m1/s1. The summed E-state index contributed by atoms with van der Waals surface area (Å²) in [5.41, 5.74) is 1.40. The van der Waals surface area contributed by atoms with E-state index in [1.54, 1.807) is 25.1 Å². The van der Waals surface area contributed by atoms with Gasteiger partial charge in [0.25, 0.3) is 5.91 Å². The van der Waals surface area contributed by atoms with Crippen molar-refractivity contribution in [2.45, 2.75) is 30.1 Å². The first-order valence-electron chi connectivity index (χ1n) is 8.37. The van der Waals surface area contributed by atoms with Crippen molar-refractivity contribution in [2.75, 3.05) is 5.32 Å². The number of aromatic amines is 2. The predicted octanol–water partition coefficient (Wildman–Crippen LogP) is 2.91. The second-order valence-corrected chi connectivity index (χ2v) is 7.40. The first-order valence-corrected chi connectivity index (χ1v) is 9.25. The van der Waals surface area contributed by atoms with E-state index in [9.17, 15) is 14.4 Å². The molecule has 0 radical (unpaired) electrons. The molecule has 0 bridgehead atoms. The zero-order valence-corrected chi connectivity index (χ0v) is 15.6. The molecule has 27 heavy (non-hydrogen) atoms. The average Bonchev–Trinajstić information content (AvgIpc) is 3.01. The van der Waals surface area contributed by atoms with Gasteiger partial charge in [-0.15, -0.1) is 11.8 Å². The summed E-state index contributed by atoms with van der Waals surface area (Å²) < 4.78 is 5.27. The topological polar surface area (TPSA) is 104 Å². The number of esters is 1. The number of imidazole rings is 1. The van der Waals surface area contributed by atoms with Crippen LogP contribution in [0.3, 0.4) is 0 Å². The average molecular weight is 385 g/mol. The molecular weight excluding hydrogens is 366 g/mol. The third kappa shape index (κ3) is 4.79. The first-order chi connectivity index (χ1) is 12.9. The zero-order chi connectivity index (χ0) is 19.4. The van der Waals surface area contributed by atoms with Crippen molar-refractivity contribution in [3.63, 3.8) is 0 Å². The highest BCUT2D eigenvalue weighted by Crippen LogP contribution is 2.24. The Kier molecular flexibility index (Phi) is 5.66. The van der Waals surface area contributed by atoms with Crippen molar-refractivity contribution in [3.8, 4) is 0 Å². The minimum Gasteiger partial charge on any atom is -0.452 e. The van der Waals surface area contributed by atoms with Crippen molar-refractivity contribution in [1.82, 2.24) is 9.97 Å². The maximum absolute atomic E-state index is 12.3. The largest absolute Gasteiger partial charge is 0.452 e. The summed E-state index contributed by atoms with van der Waals surface area (Å²) in [4.78, 5) is 42.0. The fraction of sp³-hybridized carbons (Fsp3) is 0.211. The summed E-state index contributed by atoms with van der Waals surface area (Å²) in [6, 6.07) is 14.5. The Morgan fingerprint density at radius 2 is 1.74 bits per heavy atom. The lowest BCUT2D eigenvalue weighted by Crippen LogP contribution is -2.32. The number of hydrogen-bond donors (Lipinski definition) is 3. The summed E-state index contributed by atoms with van der Waals surface area (Å²) in [5.74, 6) is -0.908. The van der Waals surface area contributed by atoms with Crippen LogP contribution >= 0.6 is 11.8 Å². The molecule has 0 saturated carbocycles. The lowest BCUT2D eigenvalue weighted by Gasteiger charge is -2.16. The molecule has 0 spiro atoms. The molecule has 3 N–H and O–H groups in total. The van der Waals surface area contributed by atoms with Crippen molar-refractivity contribution >= 4 is 40.4 Å². The normalized spacial score (nSPS) is 13.1.